The summed E-state index contributed by atoms with van der Waals surface area (Å²) in [7, 11) is 0. The van der Waals surface area contributed by atoms with E-state index in [-0.39, 0.29) is 5.96 Å². The van der Waals surface area contributed by atoms with Crippen LogP contribution in [0, 0.1) is 0 Å². The Kier molecular flexibility index (Phi) is 1.96. The summed E-state index contributed by atoms with van der Waals surface area (Å²) in [5.41, 5.74) is 17.4. The molecule has 0 spiro atoms. The Hall–Kier alpha value is -1.71. The highest BCUT2D eigenvalue weighted by Gasteiger charge is 1.90. The van der Waals surface area contributed by atoms with Crippen LogP contribution in [0.5, 0.6) is 0 Å². The van der Waals surface area contributed by atoms with Gasteiger partial charge in [0.05, 0.1) is 5.69 Å². The average Bonchev–Trinajstić information content (AvgIpc) is 1.93. The van der Waals surface area contributed by atoms with E-state index in [1.54, 1.807) is 24.3 Å². The van der Waals surface area contributed by atoms with Crippen molar-refractivity contribution in [2.24, 2.45) is 11.5 Å². The molecular formula is C7H11N4+. The van der Waals surface area contributed by atoms with Crippen LogP contribution in [0.4, 0.5) is 11.4 Å². The van der Waals surface area contributed by atoms with Gasteiger partial charge < -0.3 is 5.73 Å². The predicted molar refractivity (Wildman–Crippen MR) is 44.9 cm³/mol. The molecule has 1 rings (SSSR count). The molecule has 0 saturated heterocycles. The minimum absolute atomic E-state index is 0.176. The van der Waals surface area contributed by atoms with Crippen LogP contribution in [0.2, 0.25) is 0 Å². The number of nitrogens with two attached hydrogens (primary N) is 3. The zero-order valence-electron chi connectivity index (χ0n) is 6.04. The molecule has 0 aliphatic rings. The summed E-state index contributed by atoms with van der Waals surface area (Å²) in [6.45, 7) is 0. The largest absolute Gasteiger partial charge is 0.399 e. The van der Waals surface area contributed by atoms with E-state index in [2.05, 4.69) is 4.99 Å². The SMILES string of the molecule is NC(N)=[NH+]c1ccc(N)cc1. The lowest BCUT2D eigenvalue weighted by Gasteiger charge is -1.92. The molecule has 0 bridgehead atoms. The van der Waals surface area contributed by atoms with Crippen LogP contribution >= 0.6 is 0 Å². The zero-order chi connectivity index (χ0) is 8.27. The normalized spacial score (nSPS) is 9.09. The number of nitrogen functional groups attached to an aromatic ring is 1. The maximum absolute atomic E-state index is 5.46. The third-order valence-corrected chi connectivity index (χ3v) is 1.20. The number of hydrogen-bond acceptors (Lipinski definition) is 1. The van der Waals surface area contributed by atoms with Crippen molar-refractivity contribution in [1.29, 1.82) is 0 Å². The highest BCUT2D eigenvalue weighted by atomic mass is 15.0. The summed E-state index contributed by atoms with van der Waals surface area (Å²) >= 11 is 0. The van der Waals surface area contributed by atoms with Gasteiger partial charge >= 0.3 is 5.96 Å². The maximum atomic E-state index is 5.46. The average molecular weight is 151 g/mol. The second-order valence-electron chi connectivity index (χ2n) is 2.20. The number of hydrogen-bond donors (Lipinski definition) is 4. The molecule has 7 N–H and O–H groups in total. The predicted octanol–water partition coefficient (Wildman–Crippen LogP) is -1.75. The van der Waals surface area contributed by atoms with E-state index in [0.717, 1.165) is 5.69 Å². The Morgan fingerprint density at radius 1 is 1.09 bits per heavy atom. The Labute approximate surface area is 64.7 Å². The fraction of sp³-hybridized carbons (Fsp3) is 0. The first-order chi connectivity index (χ1) is 5.18. The summed E-state index contributed by atoms with van der Waals surface area (Å²) in [5, 5.41) is 0. The van der Waals surface area contributed by atoms with Crippen molar-refractivity contribution in [2.75, 3.05) is 5.73 Å². The first-order valence-corrected chi connectivity index (χ1v) is 3.19. The minimum atomic E-state index is 0.176. The molecule has 0 heterocycles. The van der Waals surface area contributed by atoms with E-state index in [9.17, 15) is 0 Å². The first-order valence-electron chi connectivity index (χ1n) is 3.19. The van der Waals surface area contributed by atoms with Crippen molar-refractivity contribution in [3.05, 3.63) is 24.3 Å². The molecular weight excluding hydrogens is 140 g/mol. The van der Waals surface area contributed by atoms with Gasteiger partial charge in [-0.25, -0.2) is 4.99 Å². The molecule has 0 unspecified atom stereocenters. The summed E-state index contributed by atoms with van der Waals surface area (Å²) in [6, 6.07) is 7.14. The monoisotopic (exact) mass is 151 g/mol. The second kappa shape index (κ2) is 2.92. The van der Waals surface area contributed by atoms with E-state index >= 15 is 0 Å². The Bertz CT molecular complexity index is 258. The van der Waals surface area contributed by atoms with Crippen molar-refractivity contribution >= 4 is 17.3 Å². The van der Waals surface area contributed by atoms with Gasteiger partial charge in [-0.2, -0.15) is 0 Å². The molecule has 4 heteroatoms. The minimum Gasteiger partial charge on any atom is -0.399 e. The quantitative estimate of drug-likeness (QED) is 0.218. The summed E-state index contributed by atoms with van der Waals surface area (Å²) in [4.78, 5) is 2.75. The van der Waals surface area contributed by atoms with Gasteiger partial charge in [0.1, 0.15) is 0 Å². The fourth-order valence-electron chi connectivity index (χ4n) is 0.733. The standard InChI is InChI=1S/C7H10N4/c8-5-1-3-6(4-2-5)11-7(9)10/h1-4H,8H2,(H4,9,10,11)/p+1. The maximum Gasteiger partial charge on any atom is 0.343 e. The van der Waals surface area contributed by atoms with Gasteiger partial charge in [0.2, 0.25) is 0 Å². The van der Waals surface area contributed by atoms with Crippen LogP contribution in [0.1, 0.15) is 0 Å². The molecule has 0 fully saturated rings. The third-order valence-electron chi connectivity index (χ3n) is 1.20. The highest BCUT2D eigenvalue weighted by molar-refractivity contribution is 5.70. The number of guanidine groups is 1. The molecule has 0 aliphatic heterocycles. The molecule has 11 heavy (non-hydrogen) atoms. The molecule has 0 radical (unpaired) electrons. The second-order valence-corrected chi connectivity index (χ2v) is 2.20. The molecule has 0 saturated carbocycles. The van der Waals surface area contributed by atoms with Crippen LogP contribution in [-0.2, 0) is 0 Å². The molecule has 0 aromatic heterocycles. The molecule has 58 valence electrons. The number of anilines is 1. The highest BCUT2D eigenvalue weighted by Crippen LogP contribution is 2.03. The van der Waals surface area contributed by atoms with Gasteiger partial charge in [-0.05, 0) is 24.3 Å². The van der Waals surface area contributed by atoms with Crippen molar-refractivity contribution < 1.29 is 4.99 Å². The van der Waals surface area contributed by atoms with E-state index in [1.807, 2.05) is 0 Å². The molecule has 1 aromatic carbocycles. The van der Waals surface area contributed by atoms with Gasteiger partial charge in [-0.15, -0.1) is 0 Å². The third kappa shape index (κ3) is 2.17. The van der Waals surface area contributed by atoms with Crippen molar-refractivity contribution in [1.82, 2.24) is 0 Å². The van der Waals surface area contributed by atoms with Crippen molar-refractivity contribution in [2.45, 2.75) is 0 Å². The van der Waals surface area contributed by atoms with Gasteiger partial charge in [0.15, 0.2) is 0 Å². The van der Waals surface area contributed by atoms with Crippen LogP contribution < -0.4 is 22.2 Å². The van der Waals surface area contributed by atoms with Crippen molar-refractivity contribution in [3.8, 4) is 0 Å². The zero-order valence-corrected chi connectivity index (χ0v) is 6.04. The summed E-state index contributed by atoms with van der Waals surface area (Å²) in [6.07, 6.45) is 0. The van der Waals surface area contributed by atoms with Crippen LogP contribution in [0.25, 0.3) is 0 Å². The number of rotatable bonds is 1. The molecule has 1 aromatic rings. The van der Waals surface area contributed by atoms with E-state index in [4.69, 9.17) is 17.2 Å². The Balaban J connectivity index is 2.91. The Morgan fingerprint density at radius 3 is 2.09 bits per heavy atom. The van der Waals surface area contributed by atoms with Gasteiger partial charge in [0.25, 0.3) is 0 Å². The van der Waals surface area contributed by atoms with Gasteiger partial charge in [0, 0.05) is 5.69 Å². The lowest BCUT2D eigenvalue weighted by atomic mass is 10.3. The number of benzene rings is 1. The lowest BCUT2D eigenvalue weighted by Crippen LogP contribution is -2.72. The van der Waals surface area contributed by atoms with E-state index in [1.165, 1.54) is 0 Å². The van der Waals surface area contributed by atoms with Crippen LogP contribution in [0.15, 0.2) is 24.3 Å². The van der Waals surface area contributed by atoms with Crippen LogP contribution in [0.3, 0.4) is 0 Å². The fourth-order valence-corrected chi connectivity index (χ4v) is 0.733. The van der Waals surface area contributed by atoms with Crippen LogP contribution in [-0.4, -0.2) is 5.96 Å². The van der Waals surface area contributed by atoms with Crippen molar-refractivity contribution in [3.63, 3.8) is 0 Å². The first kappa shape index (κ1) is 7.40. The van der Waals surface area contributed by atoms with E-state index in [0.29, 0.717) is 5.69 Å². The molecule has 0 atom stereocenters. The van der Waals surface area contributed by atoms with Gasteiger partial charge in [-0.3, -0.25) is 11.5 Å². The summed E-state index contributed by atoms with van der Waals surface area (Å²) < 4.78 is 0. The molecule has 0 aliphatic carbocycles. The summed E-state index contributed by atoms with van der Waals surface area (Å²) in [5.74, 6) is 0.176. The molecule has 0 amide bonds. The smallest absolute Gasteiger partial charge is 0.343 e. The topological polar surface area (TPSA) is 92.0 Å². The molecule has 4 nitrogen and oxygen atoms in total. The van der Waals surface area contributed by atoms with E-state index < -0.39 is 0 Å². The lowest BCUT2D eigenvalue weighted by molar-refractivity contribution is -0.356. The number of nitrogens with one attached hydrogen (secondary N) is 1. The Morgan fingerprint density at radius 2 is 1.64 bits per heavy atom. The van der Waals surface area contributed by atoms with Gasteiger partial charge in [-0.1, -0.05) is 0 Å².